The first-order chi connectivity index (χ1) is 6.52. The highest BCUT2D eigenvalue weighted by atomic mass is 79.9. The first kappa shape index (κ1) is 11.4. The van der Waals surface area contributed by atoms with Crippen molar-refractivity contribution in [2.45, 2.75) is 26.8 Å². The van der Waals surface area contributed by atoms with Crippen molar-refractivity contribution < 1.29 is 0 Å². The lowest BCUT2D eigenvalue weighted by Crippen LogP contribution is -2.22. The van der Waals surface area contributed by atoms with Gasteiger partial charge in [0.1, 0.15) is 0 Å². The number of para-hydroxylation sites is 1. The van der Waals surface area contributed by atoms with E-state index < -0.39 is 0 Å². The Bertz CT molecular complexity index is 310. The Hall–Kier alpha value is -0.700. The van der Waals surface area contributed by atoms with Crippen LogP contribution in [0.2, 0.25) is 0 Å². The Morgan fingerprint density at radius 3 is 2.50 bits per heavy atom. The second-order valence-corrected chi connectivity index (χ2v) is 4.73. The molecule has 3 heteroatoms. The molecule has 78 valence electrons. The molecule has 1 aromatic rings. The summed E-state index contributed by atoms with van der Waals surface area (Å²) in [5, 5.41) is 3.40. The number of nitrogens with one attached hydrogen (secondary N) is 1. The lowest BCUT2D eigenvalue weighted by atomic mass is 10.1. The minimum atomic E-state index is 0.423. The number of rotatable bonds is 3. The third kappa shape index (κ3) is 2.64. The summed E-state index contributed by atoms with van der Waals surface area (Å²) >= 11 is 3.41. The maximum Gasteiger partial charge on any atom is 0.0694 e. The smallest absolute Gasteiger partial charge is 0.0694 e. The number of benzene rings is 1. The lowest BCUT2D eigenvalue weighted by molar-refractivity contribution is 0.560. The zero-order valence-electron chi connectivity index (χ0n) is 8.84. The summed E-state index contributed by atoms with van der Waals surface area (Å²) < 4.78 is 0.943. The second-order valence-electron chi connectivity index (χ2n) is 3.88. The van der Waals surface area contributed by atoms with Crippen molar-refractivity contribution in [2.24, 2.45) is 5.92 Å². The first-order valence-corrected chi connectivity index (χ1v) is 5.62. The Kier molecular flexibility index (Phi) is 3.81. The van der Waals surface area contributed by atoms with E-state index in [-0.39, 0.29) is 0 Å². The standard InChI is InChI=1S/C11H17BrN2/c1-7(2)8(3)14-10-6-4-5-9(12)11(10)13/h4-8,14H,13H2,1-3H3. The fourth-order valence-electron chi connectivity index (χ4n) is 1.07. The monoisotopic (exact) mass is 256 g/mol. The first-order valence-electron chi connectivity index (χ1n) is 4.83. The van der Waals surface area contributed by atoms with Gasteiger partial charge in [-0.3, -0.25) is 0 Å². The lowest BCUT2D eigenvalue weighted by Gasteiger charge is -2.20. The third-order valence-electron chi connectivity index (χ3n) is 2.44. The highest BCUT2D eigenvalue weighted by Crippen LogP contribution is 2.28. The van der Waals surface area contributed by atoms with Crippen molar-refractivity contribution in [3.63, 3.8) is 0 Å². The summed E-state index contributed by atoms with van der Waals surface area (Å²) in [6, 6.07) is 6.35. The van der Waals surface area contributed by atoms with Crippen LogP contribution >= 0.6 is 15.9 Å². The zero-order chi connectivity index (χ0) is 10.7. The number of hydrogen-bond acceptors (Lipinski definition) is 2. The third-order valence-corrected chi connectivity index (χ3v) is 3.13. The van der Waals surface area contributed by atoms with Crippen LogP contribution < -0.4 is 11.1 Å². The average molecular weight is 257 g/mol. The highest BCUT2D eigenvalue weighted by Gasteiger charge is 2.09. The minimum Gasteiger partial charge on any atom is -0.396 e. The van der Waals surface area contributed by atoms with E-state index in [0.717, 1.165) is 15.8 Å². The number of nitrogens with two attached hydrogens (primary N) is 1. The Balaban J connectivity index is 2.82. The van der Waals surface area contributed by atoms with Crippen LogP contribution in [0.3, 0.4) is 0 Å². The van der Waals surface area contributed by atoms with Gasteiger partial charge in [0.25, 0.3) is 0 Å². The largest absolute Gasteiger partial charge is 0.396 e. The van der Waals surface area contributed by atoms with Gasteiger partial charge in [0.05, 0.1) is 11.4 Å². The number of anilines is 2. The molecular weight excluding hydrogens is 240 g/mol. The van der Waals surface area contributed by atoms with Crippen molar-refractivity contribution in [3.05, 3.63) is 22.7 Å². The van der Waals surface area contributed by atoms with E-state index in [4.69, 9.17) is 5.73 Å². The van der Waals surface area contributed by atoms with Gasteiger partial charge in [0.2, 0.25) is 0 Å². The van der Waals surface area contributed by atoms with Crippen molar-refractivity contribution >= 4 is 27.3 Å². The molecular formula is C11H17BrN2. The van der Waals surface area contributed by atoms with E-state index in [1.165, 1.54) is 0 Å². The molecule has 1 rings (SSSR count). The minimum absolute atomic E-state index is 0.423. The second kappa shape index (κ2) is 4.69. The normalized spacial score (nSPS) is 12.9. The van der Waals surface area contributed by atoms with Gasteiger partial charge in [-0.2, -0.15) is 0 Å². The van der Waals surface area contributed by atoms with Crippen molar-refractivity contribution in [2.75, 3.05) is 11.1 Å². The molecule has 1 unspecified atom stereocenters. The van der Waals surface area contributed by atoms with Crippen LogP contribution in [0.15, 0.2) is 22.7 Å². The summed E-state index contributed by atoms with van der Waals surface area (Å²) in [4.78, 5) is 0. The van der Waals surface area contributed by atoms with E-state index in [0.29, 0.717) is 12.0 Å². The Morgan fingerprint density at radius 1 is 1.29 bits per heavy atom. The molecule has 0 aromatic heterocycles. The molecule has 0 amide bonds. The predicted molar refractivity (Wildman–Crippen MR) is 66.5 cm³/mol. The number of halogens is 1. The molecule has 0 radical (unpaired) electrons. The van der Waals surface area contributed by atoms with Crippen LogP contribution in [-0.2, 0) is 0 Å². The van der Waals surface area contributed by atoms with Crippen LogP contribution in [0.1, 0.15) is 20.8 Å². The van der Waals surface area contributed by atoms with E-state index in [1.807, 2.05) is 18.2 Å². The van der Waals surface area contributed by atoms with Gasteiger partial charge in [0.15, 0.2) is 0 Å². The molecule has 0 aliphatic carbocycles. The van der Waals surface area contributed by atoms with Crippen LogP contribution in [0, 0.1) is 5.92 Å². The van der Waals surface area contributed by atoms with Crippen LogP contribution in [-0.4, -0.2) is 6.04 Å². The summed E-state index contributed by atoms with van der Waals surface area (Å²) in [5.41, 5.74) is 7.70. The maximum absolute atomic E-state index is 5.92. The molecule has 0 saturated heterocycles. The van der Waals surface area contributed by atoms with Crippen molar-refractivity contribution in [1.82, 2.24) is 0 Å². The topological polar surface area (TPSA) is 38.0 Å². The molecule has 0 spiro atoms. The van der Waals surface area contributed by atoms with E-state index in [2.05, 4.69) is 42.0 Å². The van der Waals surface area contributed by atoms with Gasteiger partial charge in [0, 0.05) is 10.5 Å². The van der Waals surface area contributed by atoms with E-state index >= 15 is 0 Å². The van der Waals surface area contributed by atoms with Gasteiger partial charge in [-0.1, -0.05) is 19.9 Å². The predicted octanol–water partition coefficient (Wildman–Crippen LogP) is 3.49. The fraction of sp³-hybridized carbons (Fsp3) is 0.455. The zero-order valence-corrected chi connectivity index (χ0v) is 10.4. The quantitative estimate of drug-likeness (QED) is 0.813. The average Bonchev–Trinajstić information content (AvgIpc) is 2.12. The number of nitrogen functional groups attached to an aromatic ring is 1. The van der Waals surface area contributed by atoms with Crippen molar-refractivity contribution in [1.29, 1.82) is 0 Å². The fourth-order valence-corrected chi connectivity index (χ4v) is 1.44. The molecule has 0 fully saturated rings. The Morgan fingerprint density at radius 2 is 1.93 bits per heavy atom. The summed E-state index contributed by atoms with van der Waals surface area (Å²) in [5.74, 6) is 0.591. The van der Waals surface area contributed by atoms with E-state index in [1.54, 1.807) is 0 Å². The SMILES string of the molecule is CC(C)C(C)Nc1cccc(Br)c1N. The summed E-state index contributed by atoms with van der Waals surface area (Å²) in [7, 11) is 0. The van der Waals surface area contributed by atoms with Gasteiger partial charge in [-0.05, 0) is 40.9 Å². The van der Waals surface area contributed by atoms with Gasteiger partial charge in [-0.15, -0.1) is 0 Å². The highest BCUT2D eigenvalue weighted by molar-refractivity contribution is 9.10. The molecule has 0 bridgehead atoms. The molecule has 1 aromatic carbocycles. The molecule has 0 aliphatic heterocycles. The molecule has 0 aliphatic rings. The molecule has 0 saturated carbocycles. The molecule has 3 N–H and O–H groups in total. The van der Waals surface area contributed by atoms with Crippen LogP contribution in [0.5, 0.6) is 0 Å². The van der Waals surface area contributed by atoms with Crippen LogP contribution in [0.25, 0.3) is 0 Å². The summed E-state index contributed by atoms with van der Waals surface area (Å²) in [6.07, 6.45) is 0. The maximum atomic E-state index is 5.92. The van der Waals surface area contributed by atoms with E-state index in [9.17, 15) is 0 Å². The number of hydrogen-bond donors (Lipinski definition) is 2. The molecule has 14 heavy (non-hydrogen) atoms. The summed E-state index contributed by atoms with van der Waals surface area (Å²) in [6.45, 7) is 6.53. The molecule has 0 heterocycles. The molecule has 1 atom stereocenters. The molecule has 2 nitrogen and oxygen atoms in total. The van der Waals surface area contributed by atoms with Crippen molar-refractivity contribution in [3.8, 4) is 0 Å². The van der Waals surface area contributed by atoms with Gasteiger partial charge < -0.3 is 11.1 Å². The van der Waals surface area contributed by atoms with Gasteiger partial charge >= 0.3 is 0 Å². The Labute approximate surface area is 94.0 Å². The van der Waals surface area contributed by atoms with Crippen LogP contribution in [0.4, 0.5) is 11.4 Å². The van der Waals surface area contributed by atoms with Gasteiger partial charge in [-0.25, -0.2) is 0 Å².